The minimum absolute atomic E-state index is 0.289. The van der Waals surface area contributed by atoms with Gasteiger partial charge in [-0.05, 0) is 35.4 Å². The molecular formula is C24H18ClF3O4S. The first-order valence-corrected chi connectivity index (χ1v) is 11.0. The highest BCUT2D eigenvalue weighted by molar-refractivity contribution is 7.99. The monoisotopic (exact) mass is 494 g/mol. The lowest BCUT2D eigenvalue weighted by Gasteiger charge is -2.16. The van der Waals surface area contributed by atoms with Gasteiger partial charge in [0.1, 0.15) is 11.5 Å². The molecule has 0 aromatic heterocycles. The summed E-state index contributed by atoms with van der Waals surface area (Å²) in [5.74, 6) is -0.661. The smallest absolute Gasteiger partial charge is 0.482 e. The summed E-state index contributed by atoms with van der Waals surface area (Å²) >= 11 is 7.65. The number of ether oxygens (including phenoxy) is 2. The lowest BCUT2D eigenvalue weighted by atomic mass is 9.97. The second-order valence-electron chi connectivity index (χ2n) is 6.61. The molecule has 0 bridgehead atoms. The first-order chi connectivity index (χ1) is 15.7. The summed E-state index contributed by atoms with van der Waals surface area (Å²) in [5.41, 5.74) is 1.63. The Balaban J connectivity index is 1.86. The quantitative estimate of drug-likeness (QED) is 0.327. The van der Waals surface area contributed by atoms with Crippen molar-refractivity contribution in [2.24, 2.45) is 0 Å². The molecule has 9 heteroatoms. The zero-order chi connectivity index (χ0) is 23.8. The fraction of sp³-hybridized carbons (Fsp3) is 0.125. The van der Waals surface area contributed by atoms with Crippen LogP contribution in [-0.2, 0) is 4.79 Å². The van der Waals surface area contributed by atoms with Crippen LogP contribution in [0.15, 0.2) is 83.8 Å². The van der Waals surface area contributed by atoms with Gasteiger partial charge in [-0.2, -0.15) is 0 Å². The highest BCUT2D eigenvalue weighted by Crippen LogP contribution is 2.36. The molecule has 3 rings (SSSR count). The van der Waals surface area contributed by atoms with Crippen molar-refractivity contribution in [2.75, 3.05) is 12.4 Å². The van der Waals surface area contributed by atoms with Crippen molar-refractivity contribution in [3.63, 3.8) is 0 Å². The lowest BCUT2D eigenvalue weighted by molar-refractivity contribution is -0.274. The lowest BCUT2D eigenvalue weighted by Crippen LogP contribution is -2.18. The van der Waals surface area contributed by atoms with E-state index < -0.39 is 18.9 Å². The number of alkyl halides is 3. The van der Waals surface area contributed by atoms with Crippen LogP contribution >= 0.6 is 23.4 Å². The molecule has 0 spiro atoms. The summed E-state index contributed by atoms with van der Waals surface area (Å²) < 4.78 is 48.2. The molecule has 0 aliphatic heterocycles. The number of carbonyl (C=O) groups is 1. The zero-order valence-electron chi connectivity index (χ0n) is 17.0. The molecule has 172 valence electrons. The van der Waals surface area contributed by atoms with E-state index in [0.717, 1.165) is 5.56 Å². The number of para-hydroxylation sites is 1. The average Bonchev–Trinajstić information content (AvgIpc) is 2.77. The Morgan fingerprint density at radius 1 is 1.03 bits per heavy atom. The van der Waals surface area contributed by atoms with Crippen LogP contribution in [0.5, 0.6) is 11.5 Å². The summed E-state index contributed by atoms with van der Waals surface area (Å²) in [4.78, 5) is 11.3. The van der Waals surface area contributed by atoms with Crippen LogP contribution in [0, 0.1) is 0 Å². The van der Waals surface area contributed by atoms with E-state index in [-0.39, 0.29) is 5.75 Å². The number of hydrogen-bond acceptors (Lipinski definition) is 4. The molecule has 3 aromatic rings. The summed E-state index contributed by atoms with van der Waals surface area (Å²) in [7, 11) is 0. The number of carboxylic acid groups (broad SMARTS) is 1. The second kappa shape index (κ2) is 11.2. The molecule has 0 radical (unpaired) electrons. The Kier molecular flexibility index (Phi) is 8.30. The molecule has 0 aliphatic carbocycles. The van der Waals surface area contributed by atoms with Crippen LogP contribution in [0.4, 0.5) is 13.2 Å². The largest absolute Gasteiger partial charge is 0.573 e. The van der Waals surface area contributed by atoms with E-state index in [0.29, 0.717) is 32.6 Å². The van der Waals surface area contributed by atoms with Gasteiger partial charge in [0.15, 0.2) is 6.61 Å². The third-order valence-corrected chi connectivity index (χ3v) is 5.70. The number of rotatable bonds is 9. The van der Waals surface area contributed by atoms with Crippen molar-refractivity contribution in [1.29, 1.82) is 0 Å². The first kappa shape index (κ1) is 24.5. The molecule has 0 fully saturated rings. The number of carboxylic acids is 1. The molecule has 0 saturated carbocycles. The van der Waals surface area contributed by atoms with Crippen molar-refractivity contribution < 1.29 is 32.5 Å². The van der Waals surface area contributed by atoms with Crippen LogP contribution in [0.2, 0.25) is 5.02 Å². The maximum atomic E-state index is 12.9. The summed E-state index contributed by atoms with van der Waals surface area (Å²) in [6, 6.07) is 19.8. The Bertz CT molecular complexity index is 1130. The molecule has 0 aliphatic rings. The minimum Gasteiger partial charge on any atom is -0.482 e. The molecule has 0 amide bonds. The van der Waals surface area contributed by atoms with Gasteiger partial charge >= 0.3 is 12.3 Å². The van der Waals surface area contributed by atoms with Gasteiger partial charge in [0.2, 0.25) is 0 Å². The molecule has 3 aromatic carbocycles. The standard InChI is InChI=1S/C24H18ClF3O4S/c25-20-14-17(31-15-23(29)30)10-11-22(20)33-13-12-18(16-6-2-1-3-7-16)19-8-4-5-9-21(19)32-24(26,27)28/h1-12,14H,13,15H2,(H,29,30)/b18-12-. The van der Waals surface area contributed by atoms with Gasteiger partial charge in [0.05, 0.1) is 5.02 Å². The van der Waals surface area contributed by atoms with Crippen LogP contribution in [0.3, 0.4) is 0 Å². The van der Waals surface area contributed by atoms with E-state index in [1.807, 2.05) is 24.3 Å². The van der Waals surface area contributed by atoms with E-state index in [1.165, 1.54) is 30.0 Å². The van der Waals surface area contributed by atoms with Crippen LogP contribution in [-0.4, -0.2) is 29.8 Å². The second-order valence-corrected chi connectivity index (χ2v) is 8.08. The van der Waals surface area contributed by atoms with Gasteiger partial charge in [-0.3, -0.25) is 0 Å². The summed E-state index contributed by atoms with van der Waals surface area (Å²) in [6.45, 7) is -0.481. The van der Waals surface area contributed by atoms with Gasteiger partial charge in [-0.25, -0.2) is 4.79 Å². The number of hydrogen-bond donors (Lipinski definition) is 1. The highest BCUT2D eigenvalue weighted by Gasteiger charge is 2.32. The Morgan fingerprint density at radius 3 is 2.39 bits per heavy atom. The van der Waals surface area contributed by atoms with E-state index in [4.69, 9.17) is 21.4 Å². The maximum Gasteiger partial charge on any atom is 0.573 e. The molecule has 0 saturated heterocycles. The minimum atomic E-state index is -4.81. The molecular weight excluding hydrogens is 477 g/mol. The summed E-state index contributed by atoms with van der Waals surface area (Å²) in [6.07, 6.45) is -3.01. The predicted molar refractivity (Wildman–Crippen MR) is 122 cm³/mol. The fourth-order valence-corrected chi connectivity index (χ4v) is 4.08. The van der Waals surface area contributed by atoms with Gasteiger partial charge in [0, 0.05) is 16.2 Å². The number of halogens is 4. The molecule has 33 heavy (non-hydrogen) atoms. The van der Waals surface area contributed by atoms with Crippen LogP contribution in [0.1, 0.15) is 11.1 Å². The Hall–Kier alpha value is -3.10. The molecule has 0 atom stereocenters. The fourth-order valence-electron chi connectivity index (χ4n) is 2.95. The SMILES string of the molecule is O=C(O)COc1ccc(SC/C=C(/c2ccccc2)c2ccccc2OC(F)(F)F)c(Cl)c1. The molecule has 0 unspecified atom stereocenters. The number of aliphatic carboxylic acids is 1. The van der Waals surface area contributed by atoms with Crippen molar-refractivity contribution in [3.05, 3.63) is 95.0 Å². The molecule has 0 heterocycles. The number of benzene rings is 3. The summed E-state index contributed by atoms with van der Waals surface area (Å²) in [5, 5.41) is 9.07. The first-order valence-electron chi connectivity index (χ1n) is 9.60. The zero-order valence-corrected chi connectivity index (χ0v) is 18.6. The maximum absolute atomic E-state index is 12.9. The van der Waals surface area contributed by atoms with E-state index >= 15 is 0 Å². The Labute approximate surface area is 197 Å². The van der Waals surface area contributed by atoms with E-state index in [2.05, 4.69) is 4.74 Å². The third-order valence-electron chi connectivity index (χ3n) is 4.28. The number of thioether (sulfide) groups is 1. The van der Waals surface area contributed by atoms with Crippen molar-refractivity contribution >= 4 is 34.9 Å². The third kappa shape index (κ3) is 7.47. The highest BCUT2D eigenvalue weighted by atomic mass is 35.5. The predicted octanol–water partition coefficient (Wildman–Crippen LogP) is 6.93. The van der Waals surface area contributed by atoms with Gasteiger partial charge in [0.25, 0.3) is 0 Å². The van der Waals surface area contributed by atoms with Gasteiger partial charge < -0.3 is 14.6 Å². The molecule has 1 N–H and O–H groups in total. The van der Waals surface area contributed by atoms with Gasteiger partial charge in [-0.1, -0.05) is 66.2 Å². The van der Waals surface area contributed by atoms with Crippen molar-refractivity contribution in [1.82, 2.24) is 0 Å². The normalized spacial score (nSPS) is 11.8. The van der Waals surface area contributed by atoms with E-state index in [9.17, 15) is 18.0 Å². The van der Waals surface area contributed by atoms with Gasteiger partial charge in [-0.15, -0.1) is 24.9 Å². The van der Waals surface area contributed by atoms with Crippen LogP contribution in [0.25, 0.3) is 5.57 Å². The average molecular weight is 495 g/mol. The van der Waals surface area contributed by atoms with Crippen molar-refractivity contribution in [3.8, 4) is 11.5 Å². The molecule has 4 nitrogen and oxygen atoms in total. The van der Waals surface area contributed by atoms with E-state index in [1.54, 1.807) is 36.4 Å². The van der Waals surface area contributed by atoms with Crippen LogP contribution < -0.4 is 9.47 Å². The topological polar surface area (TPSA) is 55.8 Å². The van der Waals surface area contributed by atoms with Crippen molar-refractivity contribution in [2.45, 2.75) is 11.3 Å². The Morgan fingerprint density at radius 2 is 1.73 bits per heavy atom.